The minimum atomic E-state index is -0.0245. The molecule has 1 rings (SSSR count). The number of nitrogens with zero attached hydrogens (tertiary/aromatic N) is 1. The molecule has 0 saturated carbocycles. The fourth-order valence-corrected chi connectivity index (χ4v) is 2.21. The van der Waals surface area contributed by atoms with Gasteiger partial charge in [-0.05, 0) is 52.6 Å². The van der Waals surface area contributed by atoms with Gasteiger partial charge in [0.2, 0.25) is 0 Å². The van der Waals surface area contributed by atoms with E-state index in [9.17, 15) is 0 Å². The molecule has 0 amide bonds. The summed E-state index contributed by atoms with van der Waals surface area (Å²) in [4.78, 5) is 2.49. The number of ether oxygens (including phenoxy) is 1. The molecule has 0 aromatic carbocycles. The molecule has 0 bridgehead atoms. The predicted octanol–water partition coefficient (Wildman–Crippen LogP) is 2.00. The molecule has 0 aromatic heterocycles. The molecule has 0 aromatic rings. The molecule has 1 aliphatic heterocycles. The highest BCUT2D eigenvalue weighted by molar-refractivity contribution is 4.74. The Morgan fingerprint density at radius 2 is 2.19 bits per heavy atom. The van der Waals surface area contributed by atoms with Crippen LogP contribution in [0.15, 0.2) is 0 Å². The van der Waals surface area contributed by atoms with Crippen LogP contribution in [-0.2, 0) is 4.74 Å². The second-order valence-corrected chi connectivity index (χ2v) is 5.62. The van der Waals surface area contributed by atoms with E-state index in [0.29, 0.717) is 6.10 Å². The van der Waals surface area contributed by atoms with E-state index in [1.165, 1.54) is 19.3 Å². The van der Waals surface area contributed by atoms with Crippen LogP contribution in [-0.4, -0.2) is 42.8 Å². The van der Waals surface area contributed by atoms with E-state index in [4.69, 9.17) is 10.5 Å². The zero-order valence-electron chi connectivity index (χ0n) is 11.2. The molecule has 3 nitrogen and oxygen atoms in total. The van der Waals surface area contributed by atoms with Crippen LogP contribution in [0.5, 0.6) is 0 Å². The van der Waals surface area contributed by atoms with Gasteiger partial charge in [-0.1, -0.05) is 6.92 Å². The van der Waals surface area contributed by atoms with Crippen molar-refractivity contribution in [1.82, 2.24) is 4.90 Å². The fraction of sp³-hybridized carbons (Fsp3) is 1.00. The molecule has 1 fully saturated rings. The van der Waals surface area contributed by atoms with Crippen molar-refractivity contribution in [2.45, 2.75) is 58.1 Å². The van der Waals surface area contributed by atoms with Crippen molar-refractivity contribution in [2.75, 3.05) is 26.2 Å². The van der Waals surface area contributed by atoms with Crippen molar-refractivity contribution in [3.05, 3.63) is 0 Å². The summed E-state index contributed by atoms with van der Waals surface area (Å²) in [5.41, 5.74) is 5.96. The zero-order valence-corrected chi connectivity index (χ0v) is 11.2. The van der Waals surface area contributed by atoms with Gasteiger partial charge in [0.1, 0.15) is 0 Å². The van der Waals surface area contributed by atoms with E-state index in [2.05, 4.69) is 25.7 Å². The van der Waals surface area contributed by atoms with Crippen LogP contribution >= 0.6 is 0 Å². The molecular formula is C13H28N2O. The molecule has 0 aliphatic carbocycles. The summed E-state index contributed by atoms with van der Waals surface area (Å²) in [5.74, 6) is 0. The minimum Gasteiger partial charge on any atom is -0.377 e. The van der Waals surface area contributed by atoms with Gasteiger partial charge in [-0.15, -0.1) is 0 Å². The largest absolute Gasteiger partial charge is 0.377 e. The third-order valence-corrected chi connectivity index (χ3v) is 3.23. The van der Waals surface area contributed by atoms with Gasteiger partial charge in [-0.3, -0.25) is 0 Å². The first kappa shape index (κ1) is 13.9. The van der Waals surface area contributed by atoms with Crippen molar-refractivity contribution in [1.29, 1.82) is 0 Å². The Hall–Kier alpha value is -0.120. The lowest BCUT2D eigenvalue weighted by Gasteiger charge is -2.25. The minimum absolute atomic E-state index is 0.0245. The highest BCUT2D eigenvalue weighted by Gasteiger charge is 2.18. The van der Waals surface area contributed by atoms with E-state index in [-0.39, 0.29) is 5.54 Å². The van der Waals surface area contributed by atoms with Gasteiger partial charge < -0.3 is 15.4 Å². The molecule has 1 saturated heterocycles. The number of likely N-dealkylation sites (N-methyl/N-ethyl adjacent to an activating group) is 1. The van der Waals surface area contributed by atoms with Crippen LogP contribution in [0.4, 0.5) is 0 Å². The number of hydrogen-bond donors (Lipinski definition) is 1. The zero-order chi connectivity index (χ0) is 12.0. The van der Waals surface area contributed by atoms with Crippen LogP contribution in [0.25, 0.3) is 0 Å². The first-order chi connectivity index (χ1) is 7.51. The maximum Gasteiger partial charge on any atom is 0.0702 e. The molecular weight excluding hydrogens is 200 g/mol. The van der Waals surface area contributed by atoms with Gasteiger partial charge in [0.15, 0.2) is 0 Å². The lowest BCUT2D eigenvalue weighted by Crippen LogP contribution is -2.36. The molecule has 1 atom stereocenters. The van der Waals surface area contributed by atoms with E-state index in [1.54, 1.807) is 0 Å². The van der Waals surface area contributed by atoms with Crippen molar-refractivity contribution in [2.24, 2.45) is 5.73 Å². The van der Waals surface area contributed by atoms with Crippen LogP contribution in [0.2, 0.25) is 0 Å². The summed E-state index contributed by atoms with van der Waals surface area (Å²) in [6.07, 6.45) is 5.22. The number of nitrogens with two attached hydrogens (primary N) is 1. The van der Waals surface area contributed by atoms with Gasteiger partial charge in [0.25, 0.3) is 0 Å². The number of hydrogen-bond acceptors (Lipinski definition) is 3. The van der Waals surface area contributed by atoms with Crippen LogP contribution in [0.3, 0.4) is 0 Å². The fourth-order valence-electron chi connectivity index (χ4n) is 2.21. The third-order valence-electron chi connectivity index (χ3n) is 3.23. The molecule has 0 radical (unpaired) electrons. The SMILES string of the molecule is CCN(CCCC(C)(C)N)CC1CCCO1. The van der Waals surface area contributed by atoms with Gasteiger partial charge in [0, 0.05) is 18.7 Å². The summed E-state index contributed by atoms with van der Waals surface area (Å²) >= 11 is 0. The average Bonchev–Trinajstić information content (AvgIpc) is 2.67. The molecule has 1 unspecified atom stereocenters. The normalized spacial score (nSPS) is 21.9. The van der Waals surface area contributed by atoms with Crippen molar-refractivity contribution < 1.29 is 4.74 Å². The smallest absolute Gasteiger partial charge is 0.0702 e. The van der Waals surface area contributed by atoms with Gasteiger partial charge >= 0.3 is 0 Å². The lowest BCUT2D eigenvalue weighted by atomic mass is 10.00. The standard InChI is InChI=1S/C13H28N2O/c1-4-15(9-6-8-13(2,3)14)11-12-7-5-10-16-12/h12H,4-11,14H2,1-3H3. The van der Waals surface area contributed by atoms with Gasteiger partial charge in [-0.2, -0.15) is 0 Å². The maximum atomic E-state index is 5.98. The van der Waals surface area contributed by atoms with Crippen LogP contribution < -0.4 is 5.73 Å². The summed E-state index contributed by atoms with van der Waals surface area (Å²) in [7, 11) is 0. The Labute approximate surface area is 100 Å². The Morgan fingerprint density at radius 1 is 1.44 bits per heavy atom. The van der Waals surface area contributed by atoms with Crippen molar-refractivity contribution in [3.8, 4) is 0 Å². The molecule has 96 valence electrons. The Balaban J connectivity index is 2.15. The first-order valence-electron chi connectivity index (χ1n) is 6.64. The Kier molecular flexibility index (Phi) is 5.73. The Morgan fingerprint density at radius 3 is 2.69 bits per heavy atom. The Bertz CT molecular complexity index is 183. The van der Waals surface area contributed by atoms with Crippen LogP contribution in [0, 0.1) is 0 Å². The van der Waals surface area contributed by atoms with Crippen LogP contribution in [0.1, 0.15) is 46.5 Å². The molecule has 1 aliphatic rings. The monoisotopic (exact) mass is 228 g/mol. The number of rotatable bonds is 7. The quantitative estimate of drug-likeness (QED) is 0.724. The van der Waals surface area contributed by atoms with Crippen molar-refractivity contribution in [3.63, 3.8) is 0 Å². The van der Waals surface area contributed by atoms with Gasteiger partial charge in [0.05, 0.1) is 6.10 Å². The molecule has 3 heteroatoms. The van der Waals surface area contributed by atoms with E-state index < -0.39 is 0 Å². The highest BCUT2D eigenvalue weighted by Crippen LogP contribution is 2.14. The molecule has 16 heavy (non-hydrogen) atoms. The average molecular weight is 228 g/mol. The van der Waals surface area contributed by atoms with Crippen molar-refractivity contribution >= 4 is 0 Å². The summed E-state index contributed by atoms with van der Waals surface area (Å²) in [6.45, 7) is 10.7. The summed E-state index contributed by atoms with van der Waals surface area (Å²) in [5, 5.41) is 0. The predicted molar refractivity (Wildman–Crippen MR) is 68.6 cm³/mol. The lowest BCUT2D eigenvalue weighted by molar-refractivity contribution is 0.0738. The molecule has 0 spiro atoms. The molecule has 2 N–H and O–H groups in total. The summed E-state index contributed by atoms with van der Waals surface area (Å²) in [6, 6.07) is 0. The van der Waals surface area contributed by atoms with E-state index >= 15 is 0 Å². The van der Waals surface area contributed by atoms with E-state index in [0.717, 1.165) is 32.7 Å². The van der Waals surface area contributed by atoms with E-state index in [1.807, 2.05) is 0 Å². The molecule has 1 heterocycles. The first-order valence-corrected chi connectivity index (χ1v) is 6.64. The topological polar surface area (TPSA) is 38.5 Å². The summed E-state index contributed by atoms with van der Waals surface area (Å²) < 4.78 is 5.67. The third kappa shape index (κ3) is 5.83. The maximum absolute atomic E-state index is 5.98. The van der Waals surface area contributed by atoms with Gasteiger partial charge in [-0.25, -0.2) is 0 Å². The highest BCUT2D eigenvalue weighted by atomic mass is 16.5. The second kappa shape index (κ2) is 6.58. The second-order valence-electron chi connectivity index (χ2n) is 5.62.